The largest absolute Gasteiger partial charge is 0.456 e. The van der Waals surface area contributed by atoms with Crippen molar-refractivity contribution >= 4 is 23.1 Å². The molecule has 1 atom stereocenters. The Morgan fingerprint density at radius 1 is 1.50 bits per heavy atom. The number of piperidine rings is 1. The summed E-state index contributed by atoms with van der Waals surface area (Å²) in [7, 11) is 0. The third kappa shape index (κ3) is 3.23. The SMILES string of the molecule is N#Cc1ccnc(N2CCC[C@@H](OC(=O)c3cscn3)C2)c1. The fourth-order valence-electron chi connectivity index (χ4n) is 2.43. The number of pyridine rings is 1. The van der Waals surface area contributed by atoms with Crippen molar-refractivity contribution in [3.05, 3.63) is 40.5 Å². The molecule has 0 bridgehead atoms. The molecule has 0 saturated carbocycles. The van der Waals surface area contributed by atoms with E-state index in [1.165, 1.54) is 11.3 Å². The topological polar surface area (TPSA) is 79.1 Å². The molecule has 1 fully saturated rings. The molecule has 0 aromatic carbocycles. The van der Waals surface area contributed by atoms with Gasteiger partial charge in [-0.2, -0.15) is 5.26 Å². The lowest BCUT2D eigenvalue weighted by molar-refractivity contribution is 0.0263. The number of thiazole rings is 1. The number of rotatable bonds is 3. The van der Waals surface area contributed by atoms with Gasteiger partial charge in [0.2, 0.25) is 0 Å². The van der Waals surface area contributed by atoms with Crippen LogP contribution < -0.4 is 4.90 Å². The van der Waals surface area contributed by atoms with Gasteiger partial charge in [0.05, 0.1) is 23.7 Å². The van der Waals surface area contributed by atoms with Crippen molar-refractivity contribution in [2.75, 3.05) is 18.0 Å². The molecule has 112 valence electrons. The van der Waals surface area contributed by atoms with Crippen molar-refractivity contribution in [1.82, 2.24) is 9.97 Å². The zero-order chi connectivity index (χ0) is 15.4. The van der Waals surface area contributed by atoms with Gasteiger partial charge in [-0.1, -0.05) is 0 Å². The van der Waals surface area contributed by atoms with Crippen LogP contribution >= 0.6 is 11.3 Å². The van der Waals surface area contributed by atoms with Crippen molar-refractivity contribution < 1.29 is 9.53 Å². The van der Waals surface area contributed by atoms with E-state index in [-0.39, 0.29) is 12.1 Å². The number of anilines is 1. The van der Waals surface area contributed by atoms with Gasteiger partial charge in [0.25, 0.3) is 0 Å². The number of carbonyl (C=O) groups excluding carboxylic acids is 1. The molecule has 3 rings (SSSR count). The molecule has 0 aliphatic carbocycles. The summed E-state index contributed by atoms with van der Waals surface area (Å²) in [6.07, 6.45) is 3.17. The minimum Gasteiger partial charge on any atom is -0.456 e. The molecule has 22 heavy (non-hydrogen) atoms. The highest BCUT2D eigenvalue weighted by molar-refractivity contribution is 7.07. The lowest BCUT2D eigenvalue weighted by atomic mass is 10.1. The highest BCUT2D eigenvalue weighted by Gasteiger charge is 2.25. The highest BCUT2D eigenvalue weighted by atomic mass is 32.1. The third-order valence-corrected chi connectivity index (χ3v) is 4.08. The second-order valence-corrected chi connectivity index (χ2v) is 5.72. The van der Waals surface area contributed by atoms with Crippen LogP contribution in [0.2, 0.25) is 0 Å². The summed E-state index contributed by atoms with van der Waals surface area (Å²) in [5.74, 6) is 0.361. The van der Waals surface area contributed by atoms with Gasteiger partial charge in [-0.05, 0) is 25.0 Å². The Kier molecular flexibility index (Phi) is 4.30. The molecule has 0 unspecified atom stereocenters. The van der Waals surface area contributed by atoms with Gasteiger partial charge >= 0.3 is 5.97 Å². The Labute approximate surface area is 132 Å². The lowest BCUT2D eigenvalue weighted by Crippen LogP contribution is -2.41. The lowest BCUT2D eigenvalue weighted by Gasteiger charge is -2.33. The molecule has 0 radical (unpaired) electrons. The summed E-state index contributed by atoms with van der Waals surface area (Å²) >= 11 is 1.37. The first-order chi connectivity index (χ1) is 10.8. The van der Waals surface area contributed by atoms with Crippen LogP contribution in [0, 0.1) is 11.3 Å². The second-order valence-electron chi connectivity index (χ2n) is 5.00. The molecular formula is C15H14N4O2S. The number of hydrogen-bond acceptors (Lipinski definition) is 7. The predicted octanol–water partition coefficient (Wildman–Crippen LogP) is 2.24. The smallest absolute Gasteiger partial charge is 0.358 e. The number of aromatic nitrogens is 2. The van der Waals surface area contributed by atoms with Gasteiger partial charge in [0.1, 0.15) is 11.9 Å². The van der Waals surface area contributed by atoms with Crippen molar-refractivity contribution in [2.24, 2.45) is 0 Å². The standard InChI is InChI=1S/C15H14N4O2S/c16-7-11-3-4-17-14(6-11)19-5-1-2-12(8-19)21-15(20)13-9-22-10-18-13/h3-4,6,9-10,12H,1-2,5,8H2/t12-/m1/s1. The van der Waals surface area contributed by atoms with Crippen LogP contribution in [0.4, 0.5) is 5.82 Å². The van der Waals surface area contributed by atoms with Crippen molar-refractivity contribution in [1.29, 1.82) is 5.26 Å². The highest BCUT2D eigenvalue weighted by Crippen LogP contribution is 2.21. The number of nitriles is 1. The third-order valence-electron chi connectivity index (χ3n) is 3.49. The Hall–Kier alpha value is -2.46. The summed E-state index contributed by atoms with van der Waals surface area (Å²) < 4.78 is 5.51. The number of nitrogens with zero attached hydrogens (tertiary/aromatic N) is 4. The minimum atomic E-state index is -0.383. The van der Waals surface area contributed by atoms with E-state index < -0.39 is 0 Å². The molecular weight excluding hydrogens is 300 g/mol. The molecule has 3 heterocycles. The molecule has 0 spiro atoms. The first-order valence-electron chi connectivity index (χ1n) is 6.96. The maximum Gasteiger partial charge on any atom is 0.358 e. The average molecular weight is 314 g/mol. The molecule has 6 nitrogen and oxygen atoms in total. The fraction of sp³-hybridized carbons (Fsp3) is 0.333. The van der Waals surface area contributed by atoms with E-state index in [4.69, 9.17) is 10.00 Å². The molecule has 2 aromatic rings. The van der Waals surface area contributed by atoms with Crippen LogP contribution in [0.15, 0.2) is 29.2 Å². The van der Waals surface area contributed by atoms with Gasteiger partial charge in [-0.25, -0.2) is 14.8 Å². The van der Waals surface area contributed by atoms with E-state index in [1.54, 1.807) is 29.2 Å². The zero-order valence-electron chi connectivity index (χ0n) is 11.8. The number of hydrogen-bond donors (Lipinski definition) is 0. The van der Waals surface area contributed by atoms with Gasteiger partial charge in [0.15, 0.2) is 5.69 Å². The van der Waals surface area contributed by atoms with Gasteiger partial charge in [0, 0.05) is 18.1 Å². The Morgan fingerprint density at radius 3 is 3.18 bits per heavy atom. The molecule has 7 heteroatoms. The molecule has 0 amide bonds. The van der Waals surface area contributed by atoms with Gasteiger partial charge < -0.3 is 9.64 Å². The fourth-order valence-corrected chi connectivity index (χ4v) is 2.95. The summed E-state index contributed by atoms with van der Waals surface area (Å²) in [6.45, 7) is 1.42. The normalized spacial score (nSPS) is 17.8. The summed E-state index contributed by atoms with van der Waals surface area (Å²) in [5, 5.41) is 10.6. The number of carbonyl (C=O) groups is 1. The van der Waals surface area contributed by atoms with Crippen LogP contribution in [0.25, 0.3) is 0 Å². The van der Waals surface area contributed by atoms with Gasteiger partial charge in [-0.3, -0.25) is 0 Å². The van der Waals surface area contributed by atoms with Crippen LogP contribution in [0.1, 0.15) is 28.9 Å². The van der Waals surface area contributed by atoms with E-state index in [0.717, 1.165) is 25.2 Å². The first kappa shape index (κ1) is 14.5. The van der Waals surface area contributed by atoms with Gasteiger partial charge in [-0.15, -0.1) is 11.3 Å². The van der Waals surface area contributed by atoms with Crippen molar-refractivity contribution in [3.63, 3.8) is 0 Å². The molecule has 1 aliphatic heterocycles. The molecule has 1 saturated heterocycles. The van der Waals surface area contributed by atoms with Crippen LogP contribution in [0.3, 0.4) is 0 Å². The van der Waals surface area contributed by atoms with E-state index in [9.17, 15) is 4.79 Å². The molecule has 1 aliphatic rings. The Bertz CT molecular complexity index is 696. The summed E-state index contributed by atoms with van der Waals surface area (Å²) in [6, 6.07) is 5.54. The molecule has 0 N–H and O–H groups in total. The van der Waals surface area contributed by atoms with E-state index in [0.29, 0.717) is 17.8 Å². The maximum atomic E-state index is 12.0. The van der Waals surface area contributed by atoms with Crippen LogP contribution in [-0.4, -0.2) is 35.1 Å². The van der Waals surface area contributed by atoms with E-state index >= 15 is 0 Å². The zero-order valence-corrected chi connectivity index (χ0v) is 12.6. The van der Waals surface area contributed by atoms with Crippen LogP contribution in [-0.2, 0) is 4.74 Å². The maximum absolute atomic E-state index is 12.0. The van der Waals surface area contributed by atoms with Crippen molar-refractivity contribution in [2.45, 2.75) is 18.9 Å². The number of ether oxygens (including phenoxy) is 1. The van der Waals surface area contributed by atoms with E-state index in [1.807, 2.05) is 4.90 Å². The van der Waals surface area contributed by atoms with Crippen molar-refractivity contribution in [3.8, 4) is 6.07 Å². The number of esters is 1. The average Bonchev–Trinajstić information content (AvgIpc) is 3.10. The molecule has 2 aromatic heterocycles. The second kappa shape index (κ2) is 6.54. The van der Waals surface area contributed by atoms with E-state index in [2.05, 4.69) is 16.0 Å². The van der Waals surface area contributed by atoms with Crippen LogP contribution in [0.5, 0.6) is 0 Å². The predicted molar refractivity (Wildman–Crippen MR) is 81.7 cm³/mol. The monoisotopic (exact) mass is 314 g/mol. The first-order valence-corrected chi connectivity index (χ1v) is 7.91. The minimum absolute atomic E-state index is 0.185. The summed E-state index contributed by atoms with van der Waals surface area (Å²) in [5.41, 5.74) is 2.54. The quantitative estimate of drug-likeness (QED) is 0.808. The Balaban J connectivity index is 1.66. The summed E-state index contributed by atoms with van der Waals surface area (Å²) in [4.78, 5) is 22.3. The Morgan fingerprint density at radius 2 is 2.41 bits per heavy atom.